The lowest BCUT2D eigenvalue weighted by Crippen LogP contribution is -2.33. The van der Waals surface area contributed by atoms with Crippen LogP contribution < -0.4 is 10.0 Å². The Balaban J connectivity index is 2.68. The van der Waals surface area contributed by atoms with Crippen LogP contribution in [0.2, 0.25) is 0 Å². The second-order valence-electron chi connectivity index (χ2n) is 4.78. The van der Waals surface area contributed by atoms with Gasteiger partial charge in [0.05, 0.1) is 10.5 Å². The summed E-state index contributed by atoms with van der Waals surface area (Å²) in [6.07, 6.45) is 0. The van der Waals surface area contributed by atoms with Gasteiger partial charge in [-0.25, -0.2) is 13.1 Å². The van der Waals surface area contributed by atoms with Gasteiger partial charge in [-0.3, -0.25) is 0 Å². The highest BCUT2D eigenvalue weighted by atomic mass is 32.2. The first-order valence-electron chi connectivity index (χ1n) is 6.22. The van der Waals surface area contributed by atoms with Crippen molar-refractivity contribution in [3.8, 4) is 0 Å². The number of rotatable bonds is 7. The zero-order valence-corrected chi connectivity index (χ0v) is 12.7. The van der Waals surface area contributed by atoms with Crippen LogP contribution in [0.3, 0.4) is 0 Å². The Bertz CT molecular complexity index is 495. The van der Waals surface area contributed by atoms with Crippen LogP contribution >= 0.6 is 0 Å². The number of benzene rings is 1. The molecule has 0 heterocycles. The Labute approximate surface area is 115 Å². The van der Waals surface area contributed by atoms with Crippen molar-refractivity contribution in [2.75, 3.05) is 25.5 Å². The minimum Gasteiger partial charge on any atom is -0.382 e. The first kappa shape index (κ1) is 15.9. The fraction of sp³-hybridized carbons (Fsp3) is 0.538. The molecule has 6 heteroatoms. The van der Waals surface area contributed by atoms with E-state index in [1.807, 2.05) is 20.8 Å². The standard InChI is InChI=1S/C13H22N2O3S/c1-5-18-13(2,3)10-15-11-6-8-12(9-7-11)19(16,17)14-4/h6-9,14-15H,5,10H2,1-4H3. The van der Waals surface area contributed by atoms with E-state index in [4.69, 9.17) is 4.74 Å². The van der Waals surface area contributed by atoms with Gasteiger partial charge in [-0.05, 0) is 52.1 Å². The van der Waals surface area contributed by atoms with E-state index in [0.717, 1.165) is 5.69 Å². The maximum Gasteiger partial charge on any atom is 0.240 e. The van der Waals surface area contributed by atoms with Gasteiger partial charge in [0, 0.05) is 18.8 Å². The molecule has 108 valence electrons. The molecule has 0 aliphatic heterocycles. The van der Waals surface area contributed by atoms with Crippen LogP contribution in [0.1, 0.15) is 20.8 Å². The van der Waals surface area contributed by atoms with Crippen LogP contribution in [-0.2, 0) is 14.8 Å². The highest BCUT2D eigenvalue weighted by molar-refractivity contribution is 7.89. The first-order chi connectivity index (χ1) is 8.80. The summed E-state index contributed by atoms with van der Waals surface area (Å²) < 4.78 is 31.0. The summed E-state index contributed by atoms with van der Waals surface area (Å²) in [5.74, 6) is 0. The Morgan fingerprint density at radius 2 is 1.79 bits per heavy atom. The Morgan fingerprint density at radius 3 is 2.26 bits per heavy atom. The molecular weight excluding hydrogens is 264 g/mol. The molecule has 0 fully saturated rings. The molecule has 0 aliphatic rings. The molecule has 2 N–H and O–H groups in total. The monoisotopic (exact) mass is 286 g/mol. The molecular formula is C13H22N2O3S. The van der Waals surface area contributed by atoms with E-state index >= 15 is 0 Å². The summed E-state index contributed by atoms with van der Waals surface area (Å²) in [5.41, 5.74) is 0.604. The molecule has 0 aromatic heterocycles. The van der Waals surface area contributed by atoms with Crippen molar-refractivity contribution in [3.63, 3.8) is 0 Å². The number of hydrogen-bond acceptors (Lipinski definition) is 4. The minimum absolute atomic E-state index is 0.254. The molecule has 1 rings (SSSR count). The number of ether oxygens (including phenoxy) is 1. The van der Waals surface area contributed by atoms with Crippen molar-refractivity contribution in [1.29, 1.82) is 0 Å². The molecule has 0 amide bonds. The third kappa shape index (κ3) is 4.81. The Hall–Kier alpha value is -1.11. The van der Waals surface area contributed by atoms with E-state index < -0.39 is 10.0 Å². The Kier molecular flexibility index (Phi) is 5.34. The summed E-state index contributed by atoms with van der Waals surface area (Å²) in [7, 11) is -1.97. The predicted octanol–water partition coefficient (Wildman–Crippen LogP) is 1.82. The van der Waals surface area contributed by atoms with E-state index in [2.05, 4.69) is 10.0 Å². The first-order valence-corrected chi connectivity index (χ1v) is 7.70. The fourth-order valence-electron chi connectivity index (χ4n) is 1.63. The number of anilines is 1. The second-order valence-corrected chi connectivity index (χ2v) is 6.66. The molecule has 1 aromatic rings. The smallest absolute Gasteiger partial charge is 0.240 e. The average molecular weight is 286 g/mol. The van der Waals surface area contributed by atoms with E-state index in [-0.39, 0.29) is 10.5 Å². The summed E-state index contributed by atoms with van der Waals surface area (Å²) in [5, 5.41) is 3.23. The SMILES string of the molecule is CCOC(C)(C)CNc1ccc(S(=O)(=O)NC)cc1. The van der Waals surface area contributed by atoms with Crippen molar-refractivity contribution in [1.82, 2.24) is 4.72 Å². The third-order valence-electron chi connectivity index (χ3n) is 2.69. The fourth-order valence-corrected chi connectivity index (χ4v) is 2.36. The van der Waals surface area contributed by atoms with Gasteiger partial charge in [-0.15, -0.1) is 0 Å². The Morgan fingerprint density at radius 1 is 1.21 bits per heavy atom. The molecule has 5 nitrogen and oxygen atoms in total. The molecule has 0 aliphatic carbocycles. The normalized spacial score (nSPS) is 12.4. The van der Waals surface area contributed by atoms with Crippen LogP contribution in [0.4, 0.5) is 5.69 Å². The molecule has 0 unspecified atom stereocenters. The lowest BCUT2D eigenvalue weighted by molar-refractivity contribution is 0.000697. The van der Waals surface area contributed by atoms with Crippen molar-refractivity contribution >= 4 is 15.7 Å². The average Bonchev–Trinajstić information content (AvgIpc) is 2.37. The van der Waals surface area contributed by atoms with Gasteiger partial charge in [-0.2, -0.15) is 0 Å². The van der Waals surface area contributed by atoms with Crippen molar-refractivity contribution in [3.05, 3.63) is 24.3 Å². The lowest BCUT2D eigenvalue weighted by atomic mass is 10.1. The van der Waals surface area contributed by atoms with Gasteiger partial charge in [0.1, 0.15) is 0 Å². The summed E-state index contributed by atoms with van der Waals surface area (Å²) in [6, 6.07) is 6.63. The van der Waals surface area contributed by atoms with Gasteiger partial charge in [0.15, 0.2) is 0 Å². The van der Waals surface area contributed by atoms with E-state index in [1.165, 1.54) is 7.05 Å². The molecule has 0 saturated carbocycles. The summed E-state index contributed by atoms with van der Waals surface area (Å²) in [6.45, 7) is 7.28. The minimum atomic E-state index is -3.37. The molecule has 0 spiro atoms. The van der Waals surface area contributed by atoms with Crippen molar-refractivity contribution in [2.24, 2.45) is 0 Å². The van der Waals surface area contributed by atoms with Crippen LogP contribution in [0.15, 0.2) is 29.2 Å². The topological polar surface area (TPSA) is 67.4 Å². The van der Waals surface area contributed by atoms with Crippen LogP contribution in [0.5, 0.6) is 0 Å². The van der Waals surface area contributed by atoms with Crippen LogP contribution in [0, 0.1) is 0 Å². The quantitative estimate of drug-likeness (QED) is 0.802. The number of hydrogen-bond donors (Lipinski definition) is 2. The summed E-state index contributed by atoms with van der Waals surface area (Å²) in [4.78, 5) is 0.254. The number of nitrogens with one attached hydrogen (secondary N) is 2. The zero-order valence-electron chi connectivity index (χ0n) is 11.9. The van der Waals surface area contributed by atoms with Gasteiger partial charge in [0.2, 0.25) is 10.0 Å². The van der Waals surface area contributed by atoms with Crippen molar-refractivity contribution in [2.45, 2.75) is 31.3 Å². The molecule has 0 saturated heterocycles. The largest absolute Gasteiger partial charge is 0.382 e. The number of sulfonamides is 1. The molecule has 0 bridgehead atoms. The maximum absolute atomic E-state index is 11.6. The third-order valence-corrected chi connectivity index (χ3v) is 4.12. The van der Waals surface area contributed by atoms with Crippen LogP contribution in [0.25, 0.3) is 0 Å². The van der Waals surface area contributed by atoms with E-state index in [9.17, 15) is 8.42 Å². The van der Waals surface area contributed by atoms with E-state index in [0.29, 0.717) is 13.2 Å². The lowest BCUT2D eigenvalue weighted by Gasteiger charge is -2.25. The molecule has 0 radical (unpaired) electrons. The molecule has 1 aromatic carbocycles. The highest BCUT2D eigenvalue weighted by Crippen LogP contribution is 2.16. The maximum atomic E-state index is 11.6. The van der Waals surface area contributed by atoms with Crippen molar-refractivity contribution < 1.29 is 13.2 Å². The molecule has 0 atom stereocenters. The molecule has 19 heavy (non-hydrogen) atoms. The van der Waals surface area contributed by atoms with Gasteiger partial charge in [-0.1, -0.05) is 0 Å². The van der Waals surface area contributed by atoms with E-state index in [1.54, 1.807) is 24.3 Å². The predicted molar refractivity (Wildman–Crippen MR) is 76.9 cm³/mol. The van der Waals surface area contributed by atoms with Gasteiger partial charge < -0.3 is 10.1 Å². The highest BCUT2D eigenvalue weighted by Gasteiger charge is 2.17. The summed E-state index contributed by atoms with van der Waals surface area (Å²) >= 11 is 0. The second kappa shape index (κ2) is 6.36. The van der Waals surface area contributed by atoms with Crippen LogP contribution in [-0.4, -0.2) is 34.2 Å². The van der Waals surface area contributed by atoms with Gasteiger partial charge in [0.25, 0.3) is 0 Å². The zero-order chi connectivity index (χ0) is 14.5. The van der Waals surface area contributed by atoms with Gasteiger partial charge >= 0.3 is 0 Å².